The molecule has 0 N–H and O–H groups in total. The Morgan fingerprint density at radius 2 is 1.47 bits per heavy atom. The summed E-state index contributed by atoms with van der Waals surface area (Å²) in [5.74, 6) is -2.36. The van der Waals surface area contributed by atoms with E-state index in [1.54, 1.807) is 0 Å². The quantitative estimate of drug-likeness (QED) is 0.719. The topological polar surface area (TPSA) is 6.48 Å². The first-order valence-electron chi connectivity index (χ1n) is 5.84. The van der Waals surface area contributed by atoms with Crippen LogP contribution in [0.5, 0.6) is 0 Å². The van der Waals surface area contributed by atoms with Crippen molar-refractivity contribution in [2.45, 2.75) is 13.8 Å². The third kappa shape index (κ3) is 2.20. The summed E-state index contributed by atoms with van der Waals surface area (Å²) in [6.07, 6.45) is 1.43. The predicted octanol–water partition coefficient (Wildman–Crippen LogP) is 3.53. The SMILES string of the molecule is CC1=C(C)N(C)C(=Cc2cc(F)cc(F)c2F)N1C. The Kier molecular flexibility index (Phi) is 3.30. The highest BCUT2D eigenvalue weighted by Crippen LogP contribution is 2.30. The van der Waals surface area contributed by atoms with Crippen LogP contribution < -0.4 is 0 Å². The van der Waals surface area contributed by atoms with E-state index in [1.165, 1.54) is 6.08 Å². The van der Waals surface area contributed by atoms with Crippen LogP contribution in [0.1, 0.15) is 19.4 Å². The molecule has 0 aromatic heterocycles. The van der Waals surface area contributed by atoms with Gasteiger partial charge in [0.15, 0.2) is 11.6 Å². The fraction of sp³-hybridized carbons (Fsp3) is 0.286. The fourth-order valence-corrected chi connectivity index (χ4v) is 2.07. The van der Waals surface area contributed by atoms with Gasteiger partial charge in [-0.25, -0.2) is 13.2 Å². The summed E-state index contributed by atoms with van der Waals surface area (Å²) in [4.78, 5) is 3.69. The van der Waals surface area contributed by atoms with Gasteiger partial charge >= 0.3 is 0 Å². The first-order valence-corrected chi connectivity index (χ1v) is 5.84. The van der Waals surface area contributed by atoms with Crippen molar-refractivity contribution in [3.8, 4) is 0 Å². The van der Waals surface area contributed by atoms with E-state index in [0.29, 0.717) is 11.9 Å². The Bertz CT molecular complexity index is 571. The molecule has 1 aliphatic heterocycles. The zero-order chi connectivity index (χ0) is 14.3. The molecule has 2 rings (SSSR count). The number of hydrogen-bond donors (Lipinski definition) is 0. The van der Waals surface area contributed by atoms with E-state index in [2.05, 4.69) is 0 Å². The van der Waals surface area contributed by atoms with Crippen molar-refractivity contribution < 1.29 is 13.2 Å². The molecule has 0 radical (unpaired) electrons. The number of benzene rings is 1. The van der Waals surface area contributed by atoms with Crippen LogP contribution in [0.2, 0.25) is 0 Å². The number of hydrogen-bond acceptors (Lipinski definition) is 2. The molecule has 0 amide bonds. The first kappa shape index (κ1) is 13.5. The van der Waals surface area contributed by atoms with Gasteiger partial charge in [0.25, 0.3) is 0 Å². The van der Waals surface area contributed by atoms with Crippen molar-refractivity contribution in [1.82, 2.24) is 9.80 Å². The van der Waals surface area contributed by atoms with Crippen molar-refractivity contribution in [3.05, 3.63) is 52.4 Å². The molecular formula is C14H15F3N2. The summed E-state index contributed by atoms with van der Waals surface area (Å²) in [6.45, 7) is 3.85. The second kappa shape index (κ2) is 4.64. The van der Waals surface area contributed by atoms with E-state index < -0.39 is 17.5 Å². The molecule has 0 saturated heterocycles. The van der Waals surface area contributed by atoms with Crippen molar-refractivity contribution in [3.63, 3.8) is 0 Å². The predicted molar refractivity (Wildman–Crippen MR) is 68.2 cm³/mol. The standard InChI is InChI=1S/C14H15F3N2/c1-8-9(2)19(4)13(18(8)3)6-10-5-11(15)7-12(16)14(10)17/h5-7H,1-4H3. The summed E-state index contributed by atoms with van der Waals surface area (Å²) >= 11 is 0. The molecule has 1 heterocycles. The molecule has 0 saturated carbocycles. The van der Waals surface area contributed by atoms with Crippen LogP contribution in [0.15, 0.2) is 29.3 Å². The first-order chi connectivity index (χ1) is 8.82. The Balaban J connectivity index is 2.49. The largest absolute Gasteiger partial charge is 0.333 e. The molecule has 1 aromatic carbocycles. The van der Waals surface area contributed by atoms with E-state index >= 15 is 0 Å². The van der Waals surface area contributed by atoms with Gasteiger partial charge in [-0.15, -0.1) is 0 Å². The van der Waals surface area contributed by atoms with E-state index in [-0.39, 0.29) is 5.56 Å². The lowest BCUT2D eigenvalue weighted by Crippen LogP contribution is -2.18. The second-order valence-corrected chi connectivity index (χ2v) is 4.58. The van der Waals surface area contributed by atoms with Gasteiger partial charge in [-0.05, 0) is 26.0 Å². The van der Waals surface area contributed by atoms with Gasteiger partial charge in [0.1, 0.15) is 11.6 Å². The summed E-state index contributed by atoms with van der Waals surface area (Å²) in [5.41, 5.74) is 1.91. The average Bonchev–Trinajstić information content (AvgIpc) is 2.53. The van der Waals surface area contributed by atoms with Crippen molar-refractivity contribution >= 4 is 6.08 Å². The van der Waals surface area contributed by atoms with Crippen molar-refractivity contribution in [1.29, 1.82) is 0 Å². The Morgan fingerprint density at radius 1 is 0.947 bits per heavy atom. The minimum Gasteiger partial charge on any atom is -0.333 e. The third-order valence-corrected chi connectivity index (χ3v) is 3.52. The maximum atomic E-state index is 13.6. The zero-order valence-corrected chi connectivity index (χ0v) is 11.3. The lowest BCUT2D eigenvalue weighted by atomic mass is 10.2. The fourth-order valence-electron chi connectivity index (χ4n) is 2.07. The Hall–Kier alpha value is -1.91. The normalized spacial score (nSPS) is 15.6. The summed E-state index contributed by atoms with van der Waals surface area (Å²) in [7, 11) is 3.64. The second-order valence-electron chi connectivity index (χ2n) is 4.58. The lowest BCUT2D eigenvalue weighted by molar-refractivity contribution is 0.427. The Morgan fingerprint density at radius 3 is 2.00 bits per heavy atom. The van der Waals surface area contributed by atoms with Gasteiger partial charge in [-0.1, -0.05) is 0 Å². The number of rotatable bonds is 1. The smallest absolute Gasteiger partial charge is 0.166 e. The molecule has 19 heavy (non-hydrogen) atoms. The van der Waals surface area contributed by atoms with Crippen LogP contribution in [0.25, 0.3) is 6.08 Å². The van der Waals surface area contributed by atoms with E-state index in [4.69, 9.17) is 0 Å². The van der Waals surface area contributed by atoms with Crippen molar-refractivity contribution in [2.24, 2.45) is 0 Å². The van der Waals surface area contributed by atoms with Gasteiger partial charge in [0.2, 0.25) is 0 Å². The van der Waals surface area contributed by atoms with Gasteiger partial charge in [0.05, 0.1) is 0 Å². The maximum absolute atomic E-state index is 13.6. The monoisotopic (exact) mass is 268 g/mol. The molecule has 2 nitrogen and oxygen atoms in total. The number of allylic oxidation sites excluding steroid dienone is 2. The summed E-state index contributed by atoms with van der Waals surface area (Å²) in [6, 6.07) is 1.52. The summed E-state index contributed by atoms with van der Waals surface area (Å²) < 4.78 is 40.0. The molecular weight excluding hydrogens is 253 g/mol. The zero-order valence-electron chi connectivity index (χ0n) is 11.3. The molecule has 1 aromatic rings. The number of halogens is 3. The average molecular weight is 268 g/mol. The van der Waals surface area contributed by atoms with Crippen LogP contribution in [0, 0.1) is 17.5 Å². The molecule has 0 aliphatic carbocycles. The highest BCUT2D eigenvalue weighted by atomic mass is 19.2. The van der Waals surface area contributed by atoms with Crippen molar-refractivity contribution in [2.75, 3.05) is 14.1 Å². The molecule has 1 aliphatic rings. The molecule has 5 heteroatoms. The highest BCUT2D eigenvalue weighted by Gasteiger charge is 2.24. The van der Waals surface area contributed by atoms with Gasteiger partial charge in [0, 0.05) is 37.1 Å². The van der Waals surface area contributed by atoms with Crippen LogP contribution in [0.4, 0.5) is 13.2 Å². The van der Waals surface area contributed by atoms with Gasteiger partial charge < -0.3 is 9.80 Å². The molecule has 0 fully saturated rings. The maximum Gasteiger partial charge on any atom is 0.166 e. The van der Waals surface area contributed by atoms with Crippen LogP contribution in [0.3, 0.4) is 0 Å². The highest BCUT2D eigenvalue weighted by molar-refractivity contribution is 5.55. The lowest BCUT2D eigenvalue weighted by Gasteiger charge is -2.20. The van der Waals surface area contributed by atoms with Crippen LogP contribution in [-0.4, -0.2) is 23.9 Å². The minimum absolute atomic E-state index is 0.103. The molecule has 0 spiro atoms. The molecule has 0 unspecified atom stereocenters. The molecule has 0 atom stereocenters. The van der Waals surface area contributed by atoms with Gasteiger partial charge in [-0.2, -0.15) is 0 Å². The minimum atomic E-state index is -1.18. The molecule has 102 valence electrons. The Labute approximate surface area is 110 Å². The van der Waals surface area contributed by atoms with E-state index in [1.807, 2.05) is 37.7 Å². The number of nitrogens with zero attached hydrogens (tertiary/aromatic N) is 2. The van der Waals surface area contributed by atoms with Gasteiger partial charge in [-0.3, -0.25) is 0 Å². The van der Waals surface area contributed by atoms with Crippen LogP contribution in [-0.2, 0) is 0 Å². The third-order valence-electron chi connectivity index (χ3n) is 3.52. The molecule has 0 bridgehead atoms. The van der Waals surface area contributed by atoms with Crippen LogP contribution >= 0.6 is 0 Å². The van der Waals surface area contributed by atoms with E-state index in [9.17, 15) is 13.2 Å². The van der Waals surface area contributed by atoms with E-state index in [0.717, 1.165) is 17.5 Å². The summed E-state index contributed by atoms with van der Waals surface area (Å²) in [5, 5.41) is 0.